The Bertz CT molecular complexity index is 927. The van der Waals surface area contributed by atoms with E-state index in [1.54, 1.807) is 26.0 Å². The van der Waals surface area contributed by atoms with Gasteiger partial charge in [0.15, 0.2) is 5.11 Å². The van der Waals surface area contributed by atoms with E-state index in [0.29, 0.717) is 16.8 Å². The summed E-state index contributed by atoms with van der Waals surface area (Å²) >= 11 is 5.07. The number of amides is 1. The smallest absolute Gasteiger partial charge is 0.336 e. The van der Waals surface area contributed by atoms with Gasteiger partial charge in [-0.1, -0.05) is 12.1 Å². The molecule has 0 fully saturated rings. The number of carbonyl (C=O) groups excluding carboxylic acids is 1. The molecule has 8 nitrogen and oxygen atoms in total. The second kappa shape index (κ2) is 7.70. The van der Waals surface area contributed by atoms with Crippen molar-refractivity contribution in [3.05, 3.63) is 68.8 Å². The van der Waals surface area contributed by atoms with Gasteiger partial charge in [0, 0.05) is 22.9 Å². The van der Waals surface area contributed by atoms with Crippen molar-refractivity contribution >= 4 is 40.6 Å². The van der Waals surface area contributed by atoms with E-state index in [9.17, 15) is 19.7 Å². The zero-order chi connectivity index (χ0) is 19.4. The van der Waals surface area contributed by atoms with Crippen LogP contribution in [0.15, 0.2) is 36.4 Å². The van der Waals surface area contributed by atoms with Gasteiger partial charge in [0.1, 0.15) is 0 Å². The Kier molecular flexibility index (Phi) is 5.63. The summed E-state index contributed by atoms with van der Waals surface area (Å²) in [5, 5.41) is 25.2. The number of aromatic carboxylic acids is 1. The van der Waals surface area contributed by atoms with Crippen molar-refractivity contribution in [3.63, 3.8) is 0 Å². The van der Waals surface area contributed by atoms with Gasteiger partial charge in [-0.25, -0.2) is 4.79 Å². The molecule has 1 amide bonds. The fourth-order valence-corrected chi connectivity index (χ4v) is 2.48. The predicted molar refractivity (Wildman–Crippen MR) is 99.7 cm³/mol. The molecule has 0 aromatic heterocycles. The van der Waals surface area contributed by atoms with Crippen molar-refractivity contribution in [2.45, 2.75) is 13.8 Å². The molecule has 0 aliphatic carbocycles. The third-order valence-corrected chi connectivity index (χ3v) is 3.91. The molecule has 0 heterocycles. The molecule has 0 atom stereocenters. The van der Waals surface area contributed by atoms with Crippen LogP contribution in [0, 0.1) is 24.0 Å². The van der Waals surface area contributed by atoms with Crippen LogP contribution in [0.4, 0.5) is 11.4 Å². The number of nitro benzene ring substituents is 1. The minimum absolute atomic E-state index is 0.0520. The van der Waals surface area contributed by atoms with Gasteiger partial charge in [0.2, 0.25) is 0 Å². The van der Waals surface area contributed by atoms with Crippen LogP contribution in [0.3, 0.4) is 0 Å². The second-order valence-electron chi connectivity index (χ2n) is 5.45. The van der Waals surface area contributed by atoms with E-state index in [4.69, 9.17) is 17.3 Å². The average molecular weight is 373 g/mol. The molecule has 3 N–H and O–H groups in total. The molecular weight excluding hydrogens is 358 g/mol. The Morgan fingerprint density at radius 1 is 1.19 bits per heavy atom. The highest BCUT2D eigenvalue weighted by Gasteiger charge is 2.16. The molecule has 9 heteroatoms. The molecule has 26 heavy (non-hydrogen) atoms. The number of anilines is 1. The largest absolute Gasteiger partial charge is 0.478 e. The maximum Gasteiger partial charge on any atom is 0.336 e. The first kappa shape index (κ1) is 19.0. The average Bonchev–Trinajstić information content (AvgIpc) is 2.56. The molecule has 2 aromatic rings. The minimum Gasteiger partial charge on any atom is -0.478 e. The predicted octanol–water partition coefficient (Wildman–Crippen LogP) is 3.04. The first-order chi connectivity index (χ1) is 12.2. The van der Waals surface area contributed by atoms with Crippen LogP contribution < -0.4 is 10.6 Å². The lowest BCUT2D eigenvalue weighted by atomic mass is 10.1. The standard InChI is InChI=1S/C17H15N3O5S/c1-9-6-7-11(8-14(9)20(24)25)15(21)19-17(26)18-13-5-3-4-12(10(13)2)16(22)23/h3-8H,1-2H3,(H,22,23)(H2,18,19,21,26). The summed E-state index contributed by atoms with van der Waals surface area (Å²) < 4.78 is 0. The summed E-state index contributed by atoms with van der Waals surface area (Å²) in [4.78, 5) is 33.8. The maximum atomic E-state index is 12.2. The van der Waals surface area contributed by atoms with Crippen LogP contribution in [-0.4, -0.2) is 27.0 Å². The first-order valence-corrected chi connectivity index (χ1v) is 7.82. The van der Waals surface area contributed by atoms with Gasteiger partial charge in [-0.2, -0.15) is 0 Å². The lowest BCUT2D eigenvalue weighted by molar-refractivity contribution is -0.385. The Labute approximate surface area is 154 Å². The fraction of sp³-hybridized carbons (Fsp3) is 0.118. The zero-order valence-electron chi connectivity index (χ0n) is 13.9. The number of hydrogen-bond donors (Lipinski definition) is 3. The highest BCUT2D eigenvalue weighted by Crippen LogP contribution is 2.20. The van der Waals surface area contributed by atoms with Gasteiger partial charge in [0.25, 0.3) is 11.6 Å². The molecule has 134 valence electrons. The lowest BCUT2D eigenvalue weighted by Crippen LogP contribution is -2.34. The third kappa shape index (κ3) is 4.19. The molecule has 0 aliphatic heterocycles. The van der Waals surface area contributed by atoms with Gasteiger partial charge >= 0.3 is 5.97 Å². The first-order valence-electron chi connectivity index (χ1n) is 7.41. The highest BCUT2D eigenvalue weighted by molar-refractivity contribution is 7.80. The Morgan fingerprint density at radius 2 is 1.88 bits per heavy atom. The topological polar surface area (TPSA) is 122 Å². The number of benzene rings is 2. The normalized spacial score (nSPS) is 10.1. The number of thiocarbonyl (C=S) groups is 1. The lowest BCUT2D eigenvalue weighted by Gasteiger charge is -2.13. The highest BCUT2D eigenvalue weighted by atomic mass is 32.1. The summed E-state index contributed by atoms with van der Waals surface area (Å²) in [6, 6.07) is 8.73. The number of rotatable bonds is 4. The molecule has 0 spiro atoms. The van der Waals surface area contributed by atoms with Crippen LogP contribution in [0.1, 0.15) is 31.8 Å². The van der Waals surface area contributed by atoms with E-state index < -0.39 is 16.8 Å². The molecule has 0 radical (unpaired) electrons. The van der Waals surface area contributed by atoms with Crippen molar-refractivity contribution in [2.24, 2.45) is 0 Å². The summed E-state index contributed by atoms with van der Waals surface area (Å²) in [5.41, 5.74) is 1.36. The number of carboxylic acid groups (broad SMARTS) is 1. The van der Waals surface area contributed by atoms with Crippen LogP contribution >= 0.6 is 12.2 Å². The Morgan fingerprint density at radius 3 is 2.50 bits per heavy atom. The SMILES string of the molecule is Cc1ccc(C(=O)NC(=S)Nc2cccc(C(=O)O)c2C)cc1[N+](=O)[O-]. The Hall–Kier alpha value is -3.33. The van der Waals surface area contributed by atoms with Crippen molar-refractivity contribution in [3.8, 4) is 0 Å². The monoisotopic (exact) mass is 373 g/mol. The number of carbonyl (C=O) groups is 2. The van der Waals surface area contributed by atoms with E-state index in [1.165, 1.54) is 24.3 Å². The van der Waals surface area contributed by atoms with Crippen molar-refractivity contribution < 1.29 is 19.6 Å². The van der Waals surface area contributed by atoms with Crippen molar-refractivity contribution in [2.75, 3.05) is 5.32 Å². The summed E-state index contributed by atoms with van der Waals surface area (Å²) in [7, 11) is 0. The van der Waals surface area contributed by atoms with E-state index in [-0.39, 0.29) is 21.9 Å². The molecule has 0 aliphatic rings. The van der Waals surface area contributed by atoms with Gasteiger partial charge in [0.05, 0.1) is 10.5 Å². The maximum absolute atomic E-state index is 12.2. The van der Waals surface area contributed by atoms with Crippen LogP contribution in [0.5, 0.6) is 0 Å². The second-order valence-corrected chi connectivity index (χ2v) is 5.86. The summed E-state index contributed by atoms with van der Waals surface area (Å²) in [6.45, 7) is 3.18. The minimum atomic E-state index is -1.08. The molecule has 2 rings (SSSR count). The van der Waals surface area contributed by atoms with Crippen LogP contribution in [-0.2, 0) is 0 Å². The van der Waals surface area contributed by atoms with Gasteiger partial charge in [-0.15, -0.1) is 0 Å². The fourth-order valence-electron chi connectivity index (χ4n) is 2.28. The number of nitrogens with one attached hydrogen (secondary N) is 2. The van der Waals surface area contributed by atoms with Crippen LogP contribution in [0.2, 0.25) is 0 Å². The molecule has 0 saturated heterocycles. The van der Waals surface area contributed by atoms with Gasteiger partial charge < -0.3 is 10.4 Å². The number of nitro groups is 1. The number of aryl methyl sites for hydroxylation is 1. The molecule has 0 saturated carbocycles. The summed E-state index contributed by atoms with van der Waals surface area (Å²) in [5.74, 6) is -1.69. The molecule has 0 bridgehead atoms. The quantitative estimate of drug-likeness (QED) is 0.428. The van der Waals surface area contributed by atoms with Gasteiger partial charge in [-0.3, -0.25) is 20.2 Å². The number of hydrogen-bond acceptors (Lipinski definition) is 5. The number of carboxylic acids is 1. The third-order valence-electron chi connectivity index (χ3n) is 3.71. The van der Waals surface area contributed by atoms with E-state index in [1.807, 2.05) is 0 Å². The zero-order valence-corrected chi connectivity index (χ0v) is 14.7. The van der Waals surface area contributed by atoms with E-state index in [0.717, 1.165) is 0 Å². The van der Waals surface area contributed by atoms with E-state index in [2.05, 4.69) is 10.6 Å². The van der Waals surface area contributed by atoms with Gasteiger partial charge in [-0.05, 0) is 49.8 Å². The molecular formula is C17H15N3O5S. The molecule has 2 aromatic carbocycles. The van der Waals surface area contributed by atoms with Crippen LogP contribution in [0.25, 0.3) is 0 Å². The Balaban J connectivity index is 2.15. The summed E-state index contributed by atoms with van der Waals surface area (Å²) in [6.07, 6.45) is 0. The van der Waals surface area contributed by atoms with E-state index >= 15 is 0 Å². The molecule has 0 unspecified atom stereocenters. The van der Waals surface area contributed by atoms with Crippen molar-refractivity contribution in [1.29, 1.82) is 0 Å². The number of nitrogens with zero attached hydrogens (tertiary/aromatic N) is 1. The van der Waals surface area contributed by atoms with Crippen molar-refractivity contribution in [1.82, 2.24) is 5.32 Å².